The van der Waals surface area contributed by atoms with Crippen LogP contribution in [0.3, 0.4) is 0 Å². The molecule has 3 aromatic rings. The third kappa shape index (κ3) is 3.99. The van der Waals surface area contributed by atoms with Crippen molar-refractivity contribution >= 4 is 40.4 Å². The normalized spacial score (nSPS) is 9.89. The number of methoxy groups -OCH3 is 2. The van der Waals surface area contributed by atoms with Crippen molar-refractivity contribution in [3.8, 4) is 17.6 Å². The van der Waals surface area contributed by atoms with Crippen molar-refractivity contribution in [2.45, 2.75) is 0 Å². The first-order valence-electron chi connectivity index (χ1n) is 8.06. The van der Waals surface area contributed by atoms with Crippen LogP contribution in [-0.2, 0) is 0 Å². The molecule has 0 unspecified atom stereocenters. The molecule has 0 atom stereocenters. The van der Waals surface area contributed by atoms with Crippen molar-refractivity contribution in [2.24, 2.45) is 0 Å². The quantitative estimate of drug-likeness (QED) is 0.705. The van der Waals surface area contributed by atoms with Crippen molar-refractivity contribution in [3.05, 3.63) is 48.2 Å². The molecule has 0 saturated carbocycles. The molecule has 1 heterocycles. The first-order chi connectivity index (χ1) is 12.6. The summed E-state index contributed by atoms with van der Waals surface area (Å²) in [5.41, 5.74) is 3.81. The minimum absolute atomic E-state index is 0. The third-order valence-electron chi connectivity index (χ3n) is 4.13. The Kier molecular flexibility index (Phi) is 6.32. The highest BCUT2D eigenvalue weighted by Crippen LogP contribution is 2.37. The monoisotopic (exact) mass is 384 g/mol. The molecule has 0 aliphatic rings. The van der Waals surface area contributed by atoms with Crippen molar-refractivity contribution in [3.63, 3.8) is 0 Å². The molecule has 1 N–H and O–H groups in total. The lowest BCUT2D eigenvalue weighted by Gasteiger charge is -2.16. The average Bonchev–Trinajstić information content (AvgIpc) is 2.67. The number of hydrogen-bond donors (Lipinski definition) is 1. The predicted octanol–water partition coefficient (Wildman–Crippen LogP) is 4.36. The molecule has 0 radical (unpaired) electrons. The largest absolute Gasteiger partial charge is 0.493 e. The fourth-order valence-electron chi connectivity index (χ4n) is 2.74. The molecule has 1 aromatic heterocycles. The number of nitrogens with zero attached hydrogens (tertiary/aromatic N) is 3. The van der Waals surface area contributed by atoms with Crippen LogP contribution in [0.15, 0.2) is 42.6 Å². The molecule has 0 bridgehead atoms. The Hall–Kier alpha value is -3.17. The van der Waals surface area contributed by atoms with Gasteiger partial charge >= 0.3 is 0 Å². The minimum Gasteiger partial charge on any atom is -0.493 e. The topological polar surface area (TPSA) is 70.4 Å². The molecule has 3 rings (SSSR count). The molecule has 0 fully saturated rings. The van der Waals surface area contributed by atoms with Crippen LogP contribution >= 0.6 is 12.4 Å². The number of benzene rings is 2. The molecule has 0 aliphatic heterocycles. The standard InChI is InChI=1S/C20H20N4O2.ClH/c1-24(2)15-7-5-6-14(8-15)23-20-13(11-21)12-22-17-10-19(26-4)18(25-3)9-16(17)20;/h5-10,12H,1-4H3,(H,22,23);1H. The third-order valence-corrected chi connectivity index (χ3v) is 4.13. The van der Waals surface area contributed by atoms with E-state index in [0.717, 1.165) is 16.8 Å². The van der Waals surface area contributed by atoms with Gasteiger partial charge in [-0.05, 0) is 24.3 Å². The number of halogens is 1. The Morgan fingerprint density at radius 3 is 2.41 bits per heavy atom. The molecule has 140 valence electrons. The van der Waals surface area contributed by atoms with Gasteiger partial charge in [0, 0.05) is 43.1 Å². The molecule has 7 heteroatoms. The highest BCUT2D eigenvalue weighted by Gasteiger charge is 2.14. The summed E-state index contributed by atoms with van der Waals surface area (Å²) in [6.45, 7) is 0. The number of aromatic nitrogens is 1. The van der Waals surface area contributed by atoms with Gasteiger partial charge in [-0.25, -0.2) is 0 Å². The summed E-state index contributed by atoms with van der Waals surface area (Å²) in [7, 11) is 7.13. The van der Waals surface area contributed by atoms with Gasteiger partial charge in [-0.15, -0.1) is 12.4 Å². The van der Waals surface area contributed by atoms with Gasteiger partial charge in [0.25, 0.3) is 0 Å². The number of ether oxygens (including phenoxy) is 2. The lowest BCUT2D eigenvalue weighted by Crippen LogP contribution is -2.08. The zero-order valence-electron chi connectivity index (χ0n) is 15.6. The summed E-state index contributed by atoms with van der Waals surface area (Å²) >= 11 is 0. The van der Waals surface area contributed by atoms with Crippen LogP contribution in [0.1, 0.15) is 5.56 Å². The van der Waals surface area contributed by atoms with E-state index < -0.39 is 0 Å². The second-order valence-corrected chi connectivity index (χ2v) is 5.95. The van der Waals surface area contributed by atoms with Crippen LogP contribution < -0.4 is 19.7 Å². The van der Waals surface area contributed by atoms with Crippen LogP contribution in [0.2, 0.25) is 0 Å². The van der Waals surface area contributed by atoms with E-state index in [-0.39, 0.29) is 12.4 Å². The van der Waals surface area contributed by atoms with Crippen molar-refractivity contribution < 1.29 is 9.47 Å². The molecule has 2 aromatic carbocycles. The van der Waals surface area contributed by atoms with E-state index in [9.17, 15) is 5.26 Å². The maximum Gasteiger partial charge on any atom is 0.162 e. The fraction of sp³-hybridized carbons (Fsp3) is 0.200. The molecule has 0 amide bonds. The van der Waals surface area contributed by atoms with E-state index in [1.54, 1.807) is 26.5 Å². The maximum absolute atomic E-state index is 9.53. The van der Waals surface area contributed by atoms with E-state index in [0.29, 0.717) is 28.3 Å². The van der Waals surface area contributed by atoms with Gasteiger partial charge in [-0.1, -0.05) is 6.07 Å². The number of hydrogen-bond acceptors (Lipinski definition) is 6. The number of fused-ring (bicyclic) bond motifs is 1. The molecular weight excluding hydrogens is 364 g/mol. The SMILES string of the molecule is COc1cc2ncc(C#N)c(Nc3cccc(N(C)C)c3)c2cc1OC.Cl. The summed E-state index contributed by atoms with van der Waals surface area (Å²) in [5.74, 6) is 1.18. The predicted molar refractivity (Wildman–Crippen MR) is 111 cm³/mol. The second kappa shape index (κ2) is 8.47. The van der Waals surface area contributed by atoms with Crippen LogP contribution in [-0.4, -0.2) is 33.3 Å². The van der Waals surface area contributed by atoms with Gasteiger partial charge in [-0.2, -0.15) is 5.26 Å². The molecular formula is C20H21ClN4O2. The second-order valence-electron chi connectivity index (χ2n) is 5.95. The van der Waals surface area contributed by atoms with Gasteiger partial charge in [0.05, 0.1) is 31.0 Å². The molecule has 0 saturated heterocycles. The highest BCUT2D eigenvalue weighted by molar-refractivity contribution is 5.97. The Balaban J connectivity index is 0.00000261. The maximum atomic E-state index is 9.53. The summed E-state index contributed by atoms with van der Waals surface area (Å²) in [6, 6.07) is 13.8. The van der Waals surface area contributed by atoms with E-state index in [4.69, 9.17) is 9.47 Å². The average molecular weight is 385 g/mol. The van der Waals surface area contributed by atoms with Crippen LogP contribution in [0.4, 0.5) is 17.1 Å². The van der Waals surface area contributed by atoms with Crippen molar-refractivity contribution in [2.75, 3.05) is 38.5 Å². The van der Waals surface area contributed by atoms with Crippen LogP contribution in [0.25, 0.3) is 10.9 Å². The lowest BCUT2D eigenvalue weighted by molar-refractivity contribution is 0.356. The fourth-order valence-corrected chi connectivity index (χ4v) is 2.74. The Morgan fingerprint density at radius 1 is 1.07 bits per heavy atom. The number of nitrogens with one attached hydrogen (secondary N) is 1. The zero-order valence-corrected chi connectivity index (χ0v) is 16.4. The van der Waals surface area contributed by atoms with Crippen LogP contribution in [0.5, 0.6) is 11.5 Å². The van der Waals surface area contributed by atoms with Gasteiger partial charge in [0.2, 0.25) is 0 Å². The molecule has 0 spiro atoms. The Morgan fingerprint density at radius 2 is 1.78 bits per heavy atom. The smallest absolute Gasteiger partial charge is 0.162 e. The summed E-state index contributed by atoms with van der Waals surface area (Å²) in [4.78, 5) is 6.40. The Bertz CT molecular complexity index is 999. The minimum atomic E-state index is 0. The number of anilines is 3. The molecule has 6 nitrogen and oxygen atoms in total. The van der Waals surface area contributed by atoms with Gasteiger partial charge in [-0.3, -0.25) is 4.98 Å². The first kappa shape index (κ1) is 20.1. The number of rotatable bonds is 5. The van der Waals surface area contributed by atoms with Crippen LogP contribution in [0, 0.1) is 11.3 Å². The lowest BCUT2D eigenvalue weighted by atomic mass is 10.1. The van der Waals surface area contributed by atoms with Gasteiger partial charge in [0.1, 0.15) is 6.07 Å². The summed E-state index contributed by atoms with van der Waals surface area (Å²) in [5, 5.41) is 13.7. The summed E-state index contributed by atoms with van der Waals surface area (Å²) in [6.07, 6.45) is 1.56. The zero-order chi connectivity index (χ0) is 18.7. The first-order valence-corrected chi connectivity index (χ1v) is 8.06. The van der Waals surface area contributed by atoms with E-state index in [1.807, 2.05) is 49.3 Å². The van der Waals surface area contributed by atoms with E-state index in [2.05, 4.69) is 16.4 Å². The number of pyridine rings is 1. The van der Waals surface area contributed by atoms with Gasteiger partial charge in [0.15, 0.2) is 11.5 Å². The summed E-state index contributed by atoms with van der Waals surface area (Å²) < 4.78 is 10.7. The Labute approximate surface area is 164 Å². The van der Waals surface area contributed by atoms with Crippen molar-refractivity contribution in [1.29, 1.82) is 5.26 Å². The molecule has 0 aliphatic carbocycles. The van der Waals surface area contributed by atoms with Gasteiger partial charge < -0.3 is 19.7 Å². The van der Waals surface area contributed by atoms with E-state index in [1.165, 1.54) is 0 Å². The number of nitriles is 1. The highest BCUT2D eigenvalue weighted by atomic mass is 35.5. The molecule has 27 heavy (non-hydrogen) atoms. The van der Waals surface area contributed by atoms with E-state index >= 15 is 0 Å². The van der Waals surface area contributed by atoms with Crippen molar-refractivity contribution in [1.82, 2.24) is 4.98 Å².